The third-order valence-electron chi connectivity index (χ3n) is 4.48. The van der Waals surface area contributed by atoms with Crippen LogP contribution in [0, 0.1) is 18.8 Å². The van der Waals surface area contributed by atoms with Gasteiger partial charge in [0.1, 0.15) is 5.75 Å². The van der Waals surface area contributed by atoms with Gasteiger partial charge in [0.05, 0.1) is 25.4 Å². The summed E-state index contributed by atoms with van der Waals surface area (Å²) in [6.07, 6.45) is -0.199. The fourth-order valence-electron chi connectivity index (χ4n) is 3.15. The highest BCUT2D eigenvalue weighted by Crippen LogP contribution is 2.41. The Morgan fingerprint density at radius 3 is 2.37 bits per heavy atom. The average Bonchev–Trinajstić information content (AvgIpc) is 2.62. The van der Waals surface area contributed by atoms with Crippen molar-refractivity contribution in [1.29, 1.82) is 0 Å². The maximum Gasteiger partial charge on any atom is 0.119 e. The predicted octanol–water partition coefficient (Wildman–Crippen LogP) is 3.10. The smallest absolute Gasteiger partial charge is 0.119 e. The van der Waals surface area contributed by atoms with Crippen LogP contribution in [0.25, 0.3) is 0 Å². The molecule has 1 heterocycles. The molecule has 0 aromatic heterocycles. The van der Waals surface area contributed by atoms with E-state index < -0.39 is 6.10 Å². The van der Waals surface area contributed by atoms with Crippen LogP contribution in [0.2, 0.25) is 0 Å². The van der Waals surface area contributed by atoms with Gasteiger partial charge in [0, 0.05) is 5.92 Å². The molecule has 3 nitrogen and oxygen atoms in total. The molecule has 19 heavy (non-hydrogen) atoms. The van der Waals surface area contributed by atoms with Crippen LogP contribution in [-0.2, 0) is 4.74 Å². The lowest BCUT2D eigenvalue weighted by Gasteiger charge is -2.26. The number of hydrogen-bond donors (Lipinski definition) is 1. The van der Waals surface area contributed by atoms with E-state index in [9.17, 15) is 5.11 Å². The highest BCUT2D eigenvalue weighted by Gasteiger charge is 2.41. The number of hydrogen-bond acceptors (Lipinski definition) is 3. The van der Waals surface area contributed by atoms with Crippen LogP contribution in [0.5, 0.6) is 5.75 Å². The van der Waals surface area contributed by atoms with Gasteiger partial charge in [0.15, 0.2) is 0 Å². The molecule has 1 aliphatic rings. The van der Waals surface area contributed by atoms with Crippen molar-refractivity contribution < 1.29 is 14.6 Å². The highest BCUT2D eigenvalue weighted by atomic mass is 16.5. The quantitative estimate of drug-likeness (QED) is 0.911. The van der Waals surface area contributed by atoms with Crippen LogP contribution >= 0.6 is 0 Å². The first kappa shape index (κ1) is 14.4. The first-order chi connectivity index (χ1) is 8.95. The van der Waals surface area contributed by atoms with Gasteiger partial charge in [-0.3, -0.25) is 0 Å². The lowest BCUT2D eigenvalue weighted by Crippen LogP contribution is -2.25. The van der Waals surface area contributed by atoms with E-state index in [0.29, 0.717) is 5.92 Å². The van der Waals surface area contributed by atoms with E-state index in [-0.39, 0.29) is 18.1 Å². The molecule has 0 radical (unpaired) electrons. The summed E-state index contributed by atoms with van der Waals surface area (Å²) in [5.41, 5.74) is 2.04. The van der Waals surface area contributed by atoms with Gasteiger partial charge in [-0.2, -0.15) is 0 Å². The summed E-state index contributed by atoms with van der Waals surface area (Å²) in [4.78, 5) is 0. The third kappa shape index (κ3) is 2.63. The van der Waals surface area contributed by atoms with Gasteiger partial charge in [-0.25, -0.2) is 0 Å². The van der Waals surface area contributed by atoms with Crippen molar-refractivity contribution in [2.24, 2.45) is 11.8 Å². The SMILES string of the molecule is COc1ccc(C(O)C2C(C)OC(C)C2C)c(C)c1. The zero-order valence-corrected chi connectivity index (χ0v) is 12.4. The van der Waals surface area contributed by atoms with Gasteiger partial charge in [-0.15, -0.1) is 0 Å². The summed E-state index contributed by atoms with van der Waals surface area (Å²) in [5, 5.41) is 10.7. The molecule has 0 aliphatic carbocycles. The molecule has 0 amide bonds. The second-order valence-corrected chi connectivity index (χ2v) is 5.65. The minimum absolute atomic E-state index is 0.0847. The van der Waals surface area contributed by atoms with Gasteiger partial charge in [0.25, 0.3) is 0 Å². The molecule has 1 fully saturated rings. The normalized spacial score (nSPS) is 32.3. The summed E-state index contributed by atoms with van der Waals surface area (Å²) in [6.45, 7) is 8.29. The van der Waals surface area contributed by atoms with E-state index in [2.05, 4.69) is 13.8 Å². The largest absolute Gasteiger partial charge is 0.497 e. The van der Waals surface area contributed by atoms with Crippen LogP contribution in [-0.4, -0.2) is 24.4 Å². The van der Waals surface area contributed by atoms with Crippen molar-refractivity contribution >= 4 is 0 Å². The molecule has 0 bridgehead atoms. The van der Waals surface area contributed by atoms with E-state index in [1.54, 1.807) is 7.11 Å². The summed E-state index contributed by atoms with van der Waals surface area (Å²) >= 11 is 0. The standard InChI is InChI=1S/C16H24O3/c1-9-8-13(18-5)6-7-14(9)16(17)15-10(2)11(3)19-12(15)4/h6-8,10-12,15-17H,1-5H3. The van der Waals surface area contributed by atoms with E-state index >= 15 is 0 Å². The molecule has 1 aromatic carbocycles. The summed E-state index contributed by atoms with van der Waals surface area (Å²) in [6, 6.07) is 5.83. The van der Waals surface area contributed by atoms with Crippen LogP contribution in [0.4, 0.5) is 0 Å². The Hall–Kier alpha value is -1.06. The molecular weight excluding hydrogens is 240 g/mol. The highest BCUT2D eigenvalue weighted by molar-refractivity contribution is 5.36. The maximum atomic E-state index is 10.7. The summed E-state index contributed by atoms with van der Waals surface area (Å²) in [5.74, 6) is 1.32. The number of aliphatic hydroxyl groups excluding tert-OH is 1. The van der Waals surface area contributed by atoms with Crippen molar-refractivity contribution in [1.82, 2.24) is 0 Å². The molecule has 1 N–H and O–H groups in total. The molecule has 3 heteroatoms. The minimum Gasteiger partial charge on any atom is -0.497 e. The van der Waals surface area contributed by atoms with E-state index in [1.165, 1.54) is 0 Å². The Kier molecular flexibility index (Phi) is 4.16. The van der Waals surface area contributed by atoms with Crippen molar-refractivity contribution in [2.45, 2.75) is 46.0 Å². The fourth-order valence-corrected chi connectivity index (χ4v) is 3.15. The fraction of sp³-hybridized carbons (Fsp3) is 0.625. The Bertz CT molecular complexity index is 444. The van der Waals surface area contributed by atoms with Gasteiger partial charge < -0.3 is 14.6 Å². The molecule has 0 saturated carbocycles. The zero-order valence-electron chi connectivity index (χ0n) is 12.4. The lowest BCUT2D eigenvalue weighted by molar-refractivity contribution is 0.0229. The van der Waals surface area contributed by atoms with Gasteiger partial charge in [-0.1, -0.05) is 13.0 Å². The van der Waals surface area contributed by atoms with E-state index in [0.717, 1.165) is 16.9 Å². The van der Waals surface area contributed by atoms with Crippen molar-refractivity contribution in [3.05, 3.63) is 29.3 Å². The number of ether oxygens (including phenoxy) is 2. The minimum atomic E-state index is -0.485. The number of benzene rings is 1. The second-order valence-electron chi connectivity index (χ2n) is 5.65. The second kappa shape index (κ2) is 5.51. The first-order valence-electron chi connectivity index (χ1n) is 6.93. The Balaban J connectivity index is 2.26. The monoisotopic (exact) mass is 264 g/mol. The number of aryl methyl sites for hydroxylation is 1. The maximum absolute atomic E-state index is 10.7. The van der Waals surface area contributed by atoms with Gasteiger partial charge in [-0.05, 0) is 49.9 Å². The molecule has 106 valence electrons. The van der Waals surface area contributed by atoms with Crippen molar-refractivity contribution in [2.75, 3.05) is 7.11 Å². The van der Waals surface area contributed by atoms with E-state index in [4.69, 9.17) is 9.47 Å². The van der Waals surface area contributed by atoms with Crippen LogP contribution in [0.3, 0.4) is 0 Å². The number of aliphatic hydroxyl groups is 1. The predicted molar refractivity (Wildman–Crippen MR) is 75.4 cm³/mol. The Morgan fingerprint density at radius 1 is 1.21 bits per heavy atom. The molecule has 2 rings (SSSR count). The van der Waals surface area contributed by atoms with Crippen LogP contribution < -0.4 is 4.74 Å². The molecule has 1 aliphatic heterocycles. The molecular formula is C16H24O3. The molecule has 5 atom stereocenters. The Labute approximate surface area is 115 Å². The van der Waals surface area contributed by atoms with Crippen LogP contribution in [0.15, 0.2) is 18.2 Å². The van der Waals surface area contributed by atoms with Crippen LogP contribution in [0.1, 0.15) is 38.0 Å². The van der Waals surface area contributed by atoms with Crippen molar-refractivity contribution in [3.8, 4) is 5.75 Å². The average molecular weight is 264 g/mol. The first-order valence-corrected chi connectivity index (χ1v) is 6.93. The molecule has 0 spiro atoms. The third-order valence-corrected chi connectivity index (χ3v) is 4.48. The summed E-state index contributed by atoms with van der Waals surface area (Å²) < 4.78 is 11.0. The molecule has 5 unspecified atom stereocenters. The number of methoxy groups -OCH3 is 1. The molecule has 1 aromatic rings. The molecule has 1 saturated heterocycles. The Morgan fingerprint density at radius 2 is 1.89 bits per heavy atom. The lowest BCUT2D eigenvalue weighted by atomic mass is 9.81. The number of rotatable bonds is 3. The topological polar surface area (TPSA) is 38.7 Å². The summed E-state index contributed by atoms with van der Waals surface area (Å²) in [7, 11) is 1.65. The van der Waals surface area contributed by atoms with Crippen molar-refractivity contribution in [3.63, 3.8) is 0 Å². The van der Waals surface area contributed by atoms with Gasteiger partial charge in [0.2, 0.25) is 0 Å². The van der Waals surface area contributed by atoms with Gasteiger partial charge >= 0.3 is 0 Å². The van der Waals surface area contributed by atoms with E-state index in [1.807, 2.05) is 32.0 Å². The zero-order chi connectivity index (χ0) is 14.2.